The van der Waals surface area contributed by atoms with Crippen LogP contribution < -0.4 is 4.74 Å². The lowest BCUT2D eigenvalue weighted by molar-refractivity contribution is 0.121. The number of rotatable bonds is 6. The van der Waals surface area contributed by atoms with Crippen molar-refractivity contribution < 1.29 is 9.84 Å². The molecule has 0 bridgehead atoms. The SMILES string of the molecule is COc1cccc(C(O)CN(C)Cc2ncnn2C)c1. The van der Waals surface area contributed by atoms with Crippen molar-refractivity contribution in [2.24, 2.45) is 7.05 Å². The van der Waals surface area contributed by atoms with Crippen LogP contribution in [0.1, 0.15) is 17.5 Å². The maximum absolute atomic E-state index is 10.3. The Labute approximate surface area is 118 Å². The van der Waals surface area contributed by atoms with Gasteiger partial charge in [-0.2, -0.15) is 5.10 Å². The summed E-state index contributed by atoms with van der Waals surface area (Å²) in [6.07, 6.45) is 0.963. The topological polar surface area (TPSA) is 63.4 Å². The average Bonchev–Trinajstić information content (AvgIpc) is 2.84. The van der Waals surface area contributed by atoms with Gasteiger partial charge in [0.05, 0.1) is 19.8 Å². The molecule has 1 aromatic carbocycles. The maximum Gasteiger partial charge on any atom is 0.140 e. The van der Waals surface area contributed by atoms with Crippen LogP contribution in [0.15, 0.2) is 30.6 Å². The zero-order chi connectivity index (χ0) is 14.5. The van der Waals surface area contributed by atoms with Crippen LogP contribution in [0.25, 0.3) is 0 Å². The van der Waals surface area contributed by atoms with E-state index in [1.165, 1.54) is 6.33 Å². The van der Waals surface area contributed by atoms with Crippen molar-refractivity contribution in [3.05, 3.63) is 42.0 Å². The summed E-state index contributed by atoms with van der Waals surface area (Å²) in [4.78, 5) is 6.18. The van der Waals surface area contributed by atoms with E-state index in [2.05, 4.69) is 10.1 Å². The van der Waals surface area contributed by atoms with Crippen LogP contribution in [0.3, 0.4) is 0 Å². The Hall–Kier alpha value is -1.92. The lowest BCUT2D eigenvalue weighted by atomic mass is 10.1. The van der Waals surface area contributed by atoms with Crippen molar-refractivity contribution in [3.63, 3.8) is 0 Å². The van der Waals surface area contributed by atoms with Crippen molar-refractivity contribution in [1.29, 1.82) is 0 Å². The number of hydrogen-bond donors (Lipinski definition) is 1. The number of aromatic nitrogens is 3. The maximum atomic E-state index is 10.3. The number of methoxy groups -OCH3 is 1. The third-order valence-corrected chi connectivity index (χ3v) is 3.18. The first-order valence-electron chi connectivity index (χ1n) is 6.43. The molecule has 0 aliphatic rings. The molecule has 1 N–H and O–H groups in total. The molecule has 2 aromatic rings. The van der Waals surface area contributed by atoms with Crippen LogP contribution in [0.2, 0.25) is 0 Å². The molecule has 20 heavy (non-hydrogen) atoms. The molecule has 0 saturated carbocycles. The number of ether oxygens (including phenoxy) is 1. The first-order valence-corrected chi connectivity index (χ1v) is 6.43. The molecule has 1 atom stereocenters. The van der Waals surface area contributed by atoms with Crippen molar-refractivity contribution in [2.45, 2.75) is 12.6 Å². The first kappa shape index (κ1) is 14.5. The standard InChI is InChI=1S/C14H20N4O2/c1-17(9-14-15-10-16-18(14)2)8-13(19)11-5-4-6-12(7-11)20-3/h4-7,10,13,19H,8-9H2,1-3H3. The van der Waals surface area contributed by atoms with E-state index in [4.69, 9.17) is 4.74 Å². The second-order valence-electron chi connectivity index (χ2n) is 4.79. The predicted octanol–water partition coefficient (Wildman–Crippen LogP) is 0.989. The zero-order valence-corrected chi connectivity index (χ0v) is 12.0. The van der Waals surface area contributed by atoms with Crippen LogP contribution >= 0.6 is 0 Å². The van der Waals surface area contributed by atoms with Gasteiger partial charge in [-0.3, -0.25) is 9.58 Å². The van der Waals surface area contributed by atoms with Crippen molar-refractivity contribution in [3.8, 4) is 5.75 Å². The quantitative estimate of drug-likeness (QED) is 0.852. The highest BCUT2D eigenvalue weighted by Gasteiger charge is 2.13. The van der Waals surface area contributed by atoms with Gasteiger partial charge in [-0.15, -0.1) is 0 Å². The van der Waals surface area contributed by atoms with E-state index in [1.54, 1.807) is 11.8 Å². The van der Waals surface area contributed by atoms with Crippen LogP contribution in [0, 0.1) is 0 Å². The number of hydrogen-bond acceptors (Lipinski definition) is 5. The van der Waals surface area contributed by atoms with E-state index in [1.807, 2.05) is 43.3 Å². The summed E-state index contributed by atoms with van der Waals surface area (Å²) < 4.78 is 6.90. The third kappa shape index (κ3) is 3.55. The second-order valence-corrected chi connectivity index (χ2v) is 4.79. The third-order valence-electron chi connectivity index (χ3n) is 3.18. The van der Waals surface area contributed by atoms with Gasteiger partial charge in [-0.05, 0) is 24.7 Å². The predicted molar refractivity (Wildman–Crippen MR) is 75.3 cm³/mol. The summed E-state index contributed by atoms with van der Waals surface area (Å²) in [7, 11) is 5.42. The van der Waals surface area contributed by atoms with Gasteiger partial charge in [-0.25, -0.2) is 4.98 Å². The van der Waals surface area contributed by atoms with Crippen molar-refractivity contribution in [1.82, 2.24) is 19.7 Å². The Bertz CT molecular complexity index is 556. The monoisotopic (exact) mass is 276 g/mol. The van der Waals surface area contributed by atoms with E-state index in [9.17, 15) is 5.11 Å². The fraction of sp³-hybridized carbons (Fsp3) is 0.429. The molecule has 6 nitrogen and oxygen atoms in total. The molecular formula is C14H20N4O2. The van der Waals surface area contributed by atoms with Crippen LogP contribution in [0.5, 0.6) is 5.75 Å². The van der Waals surface area contributed by atoms with Gasteiger partial charge in [0, 0.05) is 13.6 Å². The Morgan fingerprint density at radius 3 is 2.90 bits per heavy atom. The summed E-state index contributed by atoms with van der Waals surface area (Å²) >= 11 is 0. The fourth-order valence-electron chi connectivity index (χ4n) is 2.02. The van der Waals surface area contributed by atoms with Gasteiger partial charge in [-0.1, -0.05) is 12.1 Å². The highest BCUT2D eigenvalue weighted by atomic mass is 16.5. The van der Waals surface area contributed by atoms with Crippen LogP contribution in [0.4, 0.5) is 0 Å². The smallest absolute Gasteiger partial charge is 0.140 e. The largest absolute Gasteiger partial charge is 0.497 e. The average molecular weight is 276 g/mol. The summed E-state index contributed by atoms with van der Waals surface area (Å²) in [5, 5.41) is 14.3. The number of likely N-dealkylation sites (N-methyl/N-ethyl adjacent to an activating group) is 1. The molecular weight excluding hydrogens is 256 g/mol. The molecule has 0 aliphatic heterocycles. The summed E-state index contributed by atoms with van der Waals surface area (Å²) in [6, 6.07) is 7.48. The molecule has 1 unspecified atom stereocenters. The molecule has 0 aliphatic carbocycles. The van der Waals surface area contributed by atoms with Crippen LogP contribution in [-0.4, -0.2) is 45.5 Å². The number of aliphatic hydroxyl groups excluding tert-OH is 1. The van der Waals surface area contributed by atoms with Crippen LogP contribution in [-0.2, 0) is 13.6 Å². The molecule has 0 radical (unpaired) electrons. The lowest BCUT2D eigenvalue weighted by Crippen LogP contribution is -2.25. The number of benzene rings is 1. The normalized spacial score (nSPS) is 12.7. The Kier molecular flexibility index (Phi) is 4.70. The second kappa shape index (κ2) is 6.49. The molecule has 0 saturated heterocycles. The minimum absolute atomic E-state index is 0.514. The molecule has 1 aromatic heterocycles. The van der Waals surface area contributed by atoms with E-state index in [0.29, 0.717) is 13.1 Å². The molecule has 2 rings (SSSR count). The number of nitrogens with zero attached hydrogens (tertiary/aromatic N) is 4. The van der Waals surface area contributed by atoms with Gasteiger partial charge in [0.1, 0.15) is 17.9 Å². The van der Waals surface area contributed by atoms with E-state index >= 15 is 0 Å². The van der Waals surface area contributed by atoms with Crippen molar-refractivity contribution in [2.75, 3.05) is 20.7 Å². The molecule has 0 amide bonds. The first-order chi connectivity index (χ1) is 9.60. The zero-order valence-electron chi connectivity index (χ0n) is 12.0. The minimum atomic E-state index is -0.566. The lowest BCUT2D eigenvalue weighted by Gasteiger charge is -2.20. The Balaban J connectivity index is 1.96. The minimum Gasteiger partial charge on any atom is -0.497 e. The fourth-order valence-corrected chi connectivity index (χ4v) is 2.02. The van der Waals surface area contributed by atoms with Gasteiger partial charge in [0.2, 0.25) is 0 Å². The van der Waals surface area contributed by atoms with Gasteiger partial charge < -0.3 is 9.84 Å². The summed E-state index contributed by atoms with van der Waals surface area (Å²) in [5.41, 5.74) is 0.842. The van der Waals surface area contributed by atoms with E-state index < -0.39 is 6.10 Å². The highest BCUT2D eigenvalue weighted by Crippen LogP contribution is 2.19. The molecule has 6 heteroatoms. The number of aryl methyl sites for hydroxylation is 1. The summed E-state index contributed by atoms with van der Waals surface area (Å²) in [6.45, 7) is 1.15. The van der Waals surface area contributed by atoms with Crippen molar-refractivity contribution >= 4 is 0 Å². The van der Waals surface area contributed by atoms with E-state index in [0.717, 1.165) is 17.1 Å². The van der Waals surface area contributed by atoms with E-state index in [-0.39, 0.29) is 0 Å². The van der Waals surface area contributed by atoms with Gasteiger partial charge in [0.15, 0.2) is 0 Å². The Morgan fingerprint density at radius 2 is 2.25 bits per heavy atom. The number of aliphatic hydroxyl groups is 1. The molecule has 108 valence electrons. The summed E-state index contributed by atoms with van der Waals surface area (Å²) in [5.74, 6) is 1.61. The molecule has 1 heterocycles. The van der Waals surface area contributed by atoms with Gasteiger partial charge in [0.25, 0.3) is 0 Å². The highest BCUT2D eigenvalue weighted by molar-refractivity contribution is 5.29. The Morgan fingerprint density at radius 1 is 1.45 bits per heavy atom. The molecule has 0 fully saturated rings. The van der Waals surface area contributed by atoms with Gasteiger partial charge >= 0.3 is 0 Å². The molecule has 0 spiro atoms.